The van der Waals surface area contributed by atoms with Crippen molar-refractivity contribution in [1.29, 1.82) is 0 Å². The number of benzene rings is 1. The Bertz CT molecular complexity index is 625. The lowest BCUT2D eigenvalue weighted by molar-refractivity contribution is 0.320. The van der Waals surface area contributed by atoms with Crippen molar-refractivity contribution in [3.05, 3.63) is 51.2 Å². The van der Waals surface area contributed by atoms with Crippen LogP contribution in [0.15, 0.2) is 23.7 Å². The molecular weight excluding hydrogens is 293 g/mol. The van der Waals surface area contributed by atoms with Gasteiger partial charge in [-0.15, -0.1) is 11.3 Å². The maximum absolute atomic E-state index is 13.4. The second-order valence-corrected chi connectivity index (χ2v) is 6.08. The summed E-state index contributed by atoms with van der Waals surface area (Å²) < 4.78 is 13.4. The lowest BCUT2D eigenvalue weighted by atomic mass is 10.1. The van der Waals surface area contributed by atoms with E-state index in [1.807, 2.05) is 19.5 Å². The second kappa shape index (κ2) is 6.39. The molecule has 0 spiro atoms. The number of thiazole rings is 1. The van der Waals surface area contributed by atoms with E-state index in [1.54, 1.807) is 17.4 Å². The molecule has 0 fully saturated rings. The van der Waals surface area contributed by atoms with Gasteiger partial charge in [-0.25, -0.2) is 9.37 Å². The second-order valence-electron chi connectivity index (χ2n) is 4.70. The van der Waals surface area contributed by atoms with E-state index in [2.05, 4.69) is 9.88 Å². The van der Waals surface area contributed by atoms with Crippen LogP contribution in [-0.4, -0.2) is 21.9 Å². The first-order valence-corrected chi connectivity index (χ1v) is 7.42. The lowest BCUT2D eigenvalue weighted by Crippen LogP contribution is -2.21. The molecule has 1 aromatic heterocycles. The van der Waals surface area contributed by atoms with E-state index in [9.17, 15) is 4.39 Å². The van der Waals surface area contributed by atoms with E-state index in [0.29, 0.717) is 11.5 Å². The van der Waals surface area contributed by atoms with Gasteiger partial charge < -0.3 is 5.73 Å². The van der Waals surface area contributed by atoms with Gasteiger partial charge in [-0.05, 0) is 37.7 Å². The Balaban J connectivity index is 2.15. The average Bonchev–Trinajstić information content (AvgIpc) is 2.74. The summed E-state index contributed by atoms with van der Waals surface area (Å²) in [5, 5.41) is 0. The summed E-state index contributed by atoms with van der Waals surface area (Å²) in [7, 11) is 1.98. The molecule has 3 nitrogen and oxygen atoms in total. The minimum atomic E-state index is -0.276. The number of halogens is 1. The van der Waals surface area contributed by atoms with Gasteiger partial charge in [0.2, 0.25) is 0 Å². The number of aromatic nitrogens is 1. The van der Waals surface area contributed by atoms with Gasteiger partial charge >= 0.3 is 0 Å². The summed E-state index contributed by atoms with van der Waals surface area (Å²) >= 11 is 6.64. The van der Waals surface area contributed by atoms with Gasteiger partial charge in [0.15, 0.2) is 0 Å². The minimum absolute atomic E-state index is 0.276. The normalized spacial score (nSPS) is 11.0. The van der Waals surface area contributed by atoms with Crippen LogP contribution in [0.25, 0.3) is 0 Å². The summed E-state index contributed by atoms with van der Waals surface area (Å²) in [5.41, 5.74) is 10.1. The summed E-state index contributed by atoms with van der Waals surface area (Å²) in [6.07, 6.45) is 0. The minimum Gasteiger partial charge on any atom is -0.389 e. The fourth-order valence-corrected chi connectivity index (χ4v) is 3.06. The Hall–Kier alpha value is -1.37. The zero-order valence-electron chi connectivity index (χ0n) is 11.4. The zero-order chi connectivity index (χ0) is 14.7. The third-order valence-electron chi connectivity index (χ3n) is 3.03. The highest BCUT2D eigenvalue weighted by molar-refractivity contribution is 7.80. The van der Waals surface area contributed by atoms with Crippen LogP contribution in [-0.2, 0) is 13.1 Å². The van der Waals surface area contributed by atoms with E-state index in [1.165, 1.54) is 17.0 Å². The van der Waals surface area contributed by atoms with E-state index >= 15 is 0 Å². The number of hydrogen-bond donors (Lipinski definition) is 1. The lowest BCUT2D eigenvalue weighted by Gasteiger charge is -2.18. The van der Waals surface area contributed by atoms with Gasteiger partial charge in [-0.2, -0.15) is 0 Å². The Morgan fingerprint density at radius 2 is 2.20 bits per heavy atom. The fraction of sp³-hybridized carbons (Fsp3) is 0.286. The van der Waals surface area contributed by atoms with Crippen LogP contribution in [0.4, 0.5) is 4.39 Å². The molecule has 1 heterocycles. The summed E-state index contributed by atoms with van der Waals surface area (Å²) in [5.74, 6) is -0.276. The van der Waals surface area contributed by atoms with Crippen LogP contribution in [0.2, 0.25) is 0 Å². The third-order valence-corrected chi connectivity index (χ3v) is 4.17. The van der Waals surface area contributed by atoms with Crippen LogP contribution in [0.1, 0.15) is 21.7 Å². The predicted octanol–water partition coefficient (Wildman–Crippen LogP) is 2.86. The molecule has 0 bridgehead atoms. The number of nitrogens with zero attached hydrogens (tertiary/aromatic N) is 2. The van der Waals surface area contributed by atoms with Crippen LogP contribution < -0.4 is 5.73 Å². The Kier molecular flexibility index (Phi) is 4.80. The number of aryl methyl sites for hydroxylation is 1. The standard InChI is InChI=1S/C14H16FN3S2/c1-9-13(20-8-17-9)7-18(2)6-10-5-11(15)3-4-12(10)14(16)19/h3-5,8H,6-7H2,1-2H3,(H2,16,19). The quantitative estimate of drug-likeness (QED) is 0.863. The fourth-order valence-electron chi connectivity index (χ4n) is 2.00. The summed E-state index contributed by atoms with van der Waals surface area (Å²) in [4.78, 5) is 7.82. The van der Waals surface area contributed by atoms with Gasteiger partial charge in [-0.1, -0.05) is 12.2 Å². The molecular formula is C14H16FN3S2. The molecule has 0 saturated carbocycles. The molecule has 106 valence electrons. The van der Waals surface area contributed by atoms with Crippen LogP contribution in [0, 0.1) is 12.7 Å². The van der Waals surface area contributed by atoms with E-state index in [-0.39, 0.29) is 5.82 Å². The first-order valence-electron chi connectivity index (χ1n) is 6.13. The van der Waals surface area contributed by atoms with Gasteiger partial charge in [0, 0.05) is 23.5 Å². The van der Waals surface area contributed by atoms with Gasteiger partial charge in [-0.3, -0.25) is 4.90 Å². The smallest absolute Gasteiger partial charge is 0.123 e. The van der Waals surface area contributed by atoms with Crippen molar-refractivity contribution in [3.8, 4) is 0 Å². The van der Waals surface area contributed by atoms with E-state index < -0.39 is 0 Å². The molecule has 0 amide bonds. The molecule has 0 aliphatic rings. The maximum atomic E-state index is 13.4. The number of rotatable bonds is 5. The van der Waals surface area contributed by atoms with Gasteiger partial charge in [0.05, 0.1) is 11.2 Å². The predicted molar refractivity (Wildman–Crippen MR) is 84.3 cm³/mol. The monoisotopic (exact) mass is 309 g/mol. The highest BCUT2D eigenvalue weighted by atomic mass is 32.1. The van der Waals surface area contributed by atoms with Crippen LogP contribution in [0.3, 0.4) is 0 Å². The summed E-state index contributed by atoms with van der Waals surface area (Å²) in [6.45, 7) is 3.34. The molecule has 2 N–H and O–H groups in total. The highest BCUT2D eigenvalue weighted by Crippen LogP contribution is 2.18. The third kappa shape index (κ3) is 3.59. The Labute approximate surface area is 127 Å². The van der Waals surface area contributed by atoms with Crippen molar-refractivity contribution in [2.75, 3.05) is 7.05 Å². The first-order chi connectivity index (χ1) is 9.47. The Morgan fingerprint density at radius 1 is 1.45 bits per heavy atom. The molecule has 20 heavy (non-hydrogen) atoms. The Morgan fingerprint density at radius 3 is 2.80 bits per heavy atom. The highest BCUT2D eigenvalue weighted by Gasteiger charge is 2.11. The molecule has 6 heteroatoms. The number of thiocarbonyl (C=S) groups is 1. The van der Waals surface area contributed by atoms with Crippen molar-refractivity contribution < 1.29 is 4.39 Å². The molecule has 0 aliphatic heterocycles. The molecule has 0 saturated heterocycles. The van der Waals surface area contributed by atoms with Crippen LogP contribution in [0.5, 0.6) is 0 Å². The molecule has 2 rings (SSSR count). The van der Waals surface area contributed by atoms with Gasteiger partial charge in [0.1, 0.15) is 10.8 Å². The maximum Gasteiger partial charge on any atom is 0.123 e. The molecule has 2 aromatic rings. The molecule has 0 radical (unpaired) electrons. The number of nitrogens with two attached hydrogens (primary N) is 1. The van der Waals surface area contributed by atoms with Crippen LogP contribution >= 0.6 is 23.6 Å². The molecule has 0 unspecified atom stereocenters. The number of hydrogen-bond acceptors (Lipinski definition) is 4. The van der Waals surface area contributed by atoms with Crippen molar-refractivity contribution >= 4 is 28.5 Å². The van der Waals surface area contributed by atoms with Crippen molar-refractivity contribution in [3.63, 3.8) is 0 Å². The zero-order valence-corrected chi connectivity index (χ0v) is 13.0. The molecule has 0 atom stereocenters. The van der Waals surface area contributed by atoms with Crippen molar-refractivity contribution in [2.45, 2.75) is 20.0 Å². The summed E-state index contributed by atoms with van der Waals surface area (Å²) in [6, 6.07) is 4.51. The largest absolute Gasteiger partial charge is 0.389 e. The SMILES string of the molecule is Cc1ncsc1CN(C)Cc1cc(F)ccc1C(N)=S. The van der Waals surface area contributed by atoms with E-state index in [4.69, 9.17) is 18.0 Å². The molecule has 0 aliphatic carbocycles. The molecule has 1 aromatic carbocycles. The topological polar surface area (TPSA) is 42.2 Å². The van der Waals surface area contributed by atoms with E-state index in [0.717, 1.165) is 23.4 Å². The average molecular weight is 309 g/mol. The van der Waals surface area contributed by atoms with Gasteiger partial charge in [0.25, 0.3) is 0 Å². The first kappa shape index (κ1) is 15.0. The van der Waals surface area contributed by atoms with Crippen molar-refractivity contribution in [2.24, 2.45) is 5.73 Å². The van der Waals surface area contributed by atoms with Crippen molar-refractivity contribution in [1.82, 2.24) is 9.88 Å².